The Hall–Kier alpha value is -2.47. The van der Waals surface area contributed by atoms with E-state index in [1.165, 1.54) is 11.9 Å². The van der Waals surface area contributed by atoms with Crippen molar-refractivity contribution in [1.82, 2.24) is 20.2 Å². The van der Waals surface area contributed by atoms with E-state index in [4.69, 9.17) is 0 Å². The van der Waals surface area contributed by atoms with Crippen LogP contribution >= 0.6 is 0 Å². The third kappa shape index (κ3) is 3.70. The largest absolute Gasteiger partial charge is 0.384 e. The van der Waals surface area contributed by atoms with E-state index in [9.17, 15) is 4.79 Å². The molecule has 1 unspecified atom stereocenters. The van der Waals surface area contributed by atoms with Crippen LogP contribution in [0.4, 0.5) is 5.69 Å². The summed E-state index contributed by atoms with van der Waals surface area (Å²) >= 11 is 0. The summed E-state index contributed by atoms with van der Waals surface area (Å²) in [5, 5.41) is 6.79. The monoisotopic (exact) mass is 351 g/mol. The number of aromatic nitrogens is 2. The first kappa shape index (κ1) is 17.0. The Morgan fingerprint density at radius 3 is 2.92 bits per heavy atom. The standard InChI is InChI=1S/C20H25N5O/c26-20(17-3-4-19-16(10-17)5-9-24-19)25(13-15-11-22-14-23-12-15)18-2-1-7-21-8-6-18/h3-4,10-12,14,18,21,24H,1-2,5-9,13H2. The average Bonchev–Trinajstić information content (AvgIpc) is 2.99. The van der Waals surface area contributed by atoms with Crippen molar-refractivity contribution in [2.45, 2.75) is 38.3 Å². The smallest absolute Gasteiger partial charge is 0.254 e. The van der Waals surface area contributed by atoms with Crippen LogP contribution in [0.3, 0.4) is 0 Å². The first-order chi connectivity index (χ1) is 12.8. The molecule has 1 amide bonds. The fraction of sp³-hybridized carbons (Fsp3) is 0.450. The van der Waals surface area contributed by atoms with Crippen LogP contribution in [-0.4, -0.2) is 46.5 Å². The molecule has 0 aliphatic carbocycles. The fourth-order valence-corrected chi connectivity index (χ4v) is 3.89. The molecule has 0 radical (unpaired) electrons. The molecule has 1 fully saturated rings. The number of amides is 1. The van der Waals surface area contributed by atoms with Crippen molar-refractivity contribution < 1.29 is 4.79 Å². The van der Waals surface area contributed by atoms with Crippen molar-refractivity contribution >= 4 is 11.6 Å². The van der Waals surface area contributed by atoms with E-state index >= 15 is 0 Å². The van der Waals surface area contributed by atoms with Crippen molar-refractivity contribution in [3.8, 4) is 0 Å². The molecular formula is C20H25N5O. The van der Waals surface area contributed by atoms with Gasteiger partial charge in [0.1, 0.15) is 6.33 Å². The van der Waals surface area contributed by atoms with Crippen LogP contribution in [0.1, 0.15) is 40.7 Å². The Bertz CT molecular complexity index is 756. The average molecular weight is 351 g/mol. The molecule has 4 rings (SSSR count). The molecule has 2 aliphatic rings. The molecule has 136 valence electrons. The molecule has 1 atom stereocenters. The maximum absolute atomic E-state index is 13.4. The Morgan fingerprint density at radius 2 is 2.04 bits per heavy atom. The highest BCUT2D eigenvalue weighted by Crippen LogP contribution is 2.25. The minimum atomic E-state index is 0.107. The lowest BCUT2D eigenvalue weighted by Crippen LogP contribution is -2.40. The van der Waals surface area contributed by atoms with Crippen LogP contribution in [0.2, 0.25) is 0 Å². The molecule has 0 spiro atoms. The van der Waals surface area contributed by atoms with Crippen LogP contribution in [0.15, 0.2) is 36.9 Å². The number of fused-ring (bicyclic) bond motifs is 1. The van der Waals surface area contributed by atoms with Crippen LogP contribution in [0.25, 0.3) is 0 Å². The van der Waals surface area contributed by atoms with Gasteiger partial charge in [0.25, 0.3) is 5.91 Å². The first-order valence-corrected chi connectivity index (χ1v) is 9.43. The van der Waals surface area contributed by atoms with Gasteiger partial charge in [0.2, 0.25) is 0 Å². The van der Waals surface area contributed by atoms with Crippen molar-refractivity contribution in [3.05, 3.63) is 53.6 Å². The molecule has 6 heteroatoms. The van der Waals surface area contributed by atoms with Gasteiger partial charge < -0.3 is 15.5 Å². The molecule has 2 N–H and O–H groups in total. The zero-order valence-corrected chi connectivity index (χ0v) is 14.9. The highest BCUT2D eigenvalue weighted by Gasteiger charge is 2.26. The van der Waals surface area contributed by atoms with Crippen LogP contribution < -0.4 is 10.6 Å². The van der Waals surface area contributed by atoms with E-state index < -0.39 is 0 Å². The number of carbonyl (C=O) groups is 1. The summed E-state index contributed by atoms with van der Waals surface area (Å²) in [5.41, 5.74) is 4.15. The number of carbonyl (C=O) groups excluding carboxylic acids is 1. The SMILES string of the molecule is O=C(c1ccc2c(c1)CCN2)N(Cc1cncnc1)C1CCCNCC1. The second-order valence-corrected chi connectivity index (χ2v) is 7.06. The summed E-state index contributed by atoms with van der Waals surface area (Å²) in [6.45, 7) is 3.48. The number of nitrogens with one attached hydrogen (secondary N) is 2. The van der Waals surface area contributed by atoms with E-state index in [-0.39, 0.29) is 11.9 Å². The summed E-state index contributed by atoms with van der Waals surface area (Å²) in [5.74, 6) is 0.107. The van der Waals surface area contributed by atoms with Gasteiger partial charge >= 0.3 is 0 Å². The minimum absolute atomic E-state index is 0.107. The van der Waals surface area contributed by atoms with E-state index in [1.807, 2.05) is 17.0 Å². The summed E-state index contributed by atoms with van der Waals surface area (Å²) in [6, 6.07) is 6.28. The zero-order valence-electron chi connectivity index (χ0n) is 14.9. The summed E-state index contributed by atoms with van der Waals surface area (Å²) in [7, 11) is 0. The third-order valence-electron chi connectivity index (χ3n) is 5.28. The second-order valence-electron chi connectivity index (χ2n) is 7.06. The zero-order chi connectivity index (χ0) is 17.8. The number of nitrogens with zero attached hydrogens (tertiary/aromatic N) is 3. The molecule has 2 aliphatic heterocycles. The Labute approximate surface area is 154 Å². The lowest BCUT2D eigenvalue weighted by Gasteiger charge is -2.31. The van der Waals surface area contributed by atoms with Gasteiger partial charge in [0, 0.05) is 48.3 Å². The molecule has 1 saturated heterocycles. The molecule has 2 aromatic rings. The van der Waals surface area contributed by atoms with Crippen LogP contribution in [0.5, 0.6) is 0 Å². The highest BCUT2D eigenvalue weighted by molar-refractivity contribution is 5.95. The lowest BCUT2D eigenvalue weighted by molar-refractivity contribution is 0.0645. The summed E-state index contributed by atoms with van der Waals surface area (Å²) < 4.78 is 0. The molecule has 0 bridgehead atoms. The Balaban J connectivity index is 1.61. The van der Waals surface area contributed by atoms with Crippen molar-refractivity contribution in [3.63, 3.8) is 0 Å². The predicted octanol–water partition coefficient (Wildman–Crippen LogP) is 2.23. The van der Waals surface area contributed by atoms with Crippen molar-refractivity contribution in [2.24, 2.45) is 0 Å². The van der Waals surface area contributed by atoms with Gasteiger partial charge in [-0.05, 0) is 62.5 Å². The normalized spacial score (nSPS) is 19.3. The minimum Gasteiger partial charge on any atom is -0.384 e. The van der Waals surface area contributed by atoms with E-state index in [2.05, 4.69) is 26.7 Å². The molecule has 3 heterocycles. The van der Waals surface area contributed by atoms with E-state index in [1.54, 1.807) is 12.4 Å². The quantitative estimate of drug-likeness (QED) is 0.884. The van der Waals surface area contributed by atoms with Gasteiger partial charge in [0.05, 0.1) is 0 Å². The molecule has 0 saturated carbocycles. The van der Waals surface area contributed by atoms with Gasteiger partial charge in [-0.3, -0.25) is 4.79 Å². The lowest BCUT2D eigenvalue weighted by atomic mass is 10.0. The fourth-order valence-electron chi connectivity index (χ4n) is 3.89. The second kappa shape index (κ2) is 7.83. The first-order valence-electron chi connectivity index (χ1n) is 9.43. The third-order valence-corrected chi connectivity index (χ3v) is 5.28. The Kier molecular flexibility index (Phi) is 5.11. The maximum atomic E-state index is 13.4. The number of hydrogen-bond donors (Lipinski definition) is 2. The molecule has 1 aromatic heterocycles. The molecule has 6 nitrogen and oxygen atoms in total. The maximum Gasteiger partial charge on any atom is 0.254 e. The van der Waals surface area contributed by atoms with Gasteiger partial charge in [0.15, 0.2) is 0 Å². The van der Waals surface area contributed by atoms with Crippen LogP contribution in [-0.2, 0) is 13.0 Å². The topological polar surface area (TPSA) is 70.2 Å². The van der Waals surface area contributed by atoms with Crippen LogP contribution in [0, 0.1) is 0 Å². The molecule has 26 heavy (non-hydrogen) atoms. The summed E-state index contributed by atoms with van der Waals surface area (Å²) in [4.78, 5) is 23.7. The van der Waals surface area contributed by atoms with Crippen molar-refractivity contribution in [2.75, 3.05) is 25.0 Å². The van der Waals surface area contributed by atoms with Gasteiger partial charge in [-0.1, -0.05) is 0 Å². The Morgan fingerprint density at radius 1 is 1.15 bits per heavy atom. The van der Waals surface area contributed by atoms with Gasteiger partial charge in [-0.2, -0.15) is 0 Å². The predicted molar refractivity (Wildman–Crippen MR) is 101 cm³/mol. The highest BCUT2D eigenvalue weighted by atomic mass is 16.2. The summed E-state index contributed by atoms with van der Waals surface area (Å²) in [6.07, 6.45) is 9.21. The van der Waals surface area contributed by atoms with Gasteiger partial charge in [-0.15, -0.1) is 0 Å². The van der Waals surface area contributed by atoms with Gasteiger partial charge in [-0.25, -0.2) is 9.97 Å². The van der Waals surface area contributed by atoms with Crippen molar-refractivity contribution in [1.29, 1.82) is 0 Å². The van der Waals surface area contributed by atoms with E-state index in [0.717, 1.165) is 62.1 Å². The molecular weight excluding hydrogens is 326 g/mol. The van der Waals surface area contributed by atoms with E-state index in [0.29, 0.717) is 6.54 Å². The molecule has 1 aromatic carbocycles. The number of anilines is 1. The number of hydrogen-bond acceptors (Lipinski definition) is 5. The number of benzene rings is 1. The number of rotatable bonds is 4.